The van der Waals surface area contributed by atoms with Crippen molar-refractivity contribution in [1.82, 2.24) is 0 Å². The number of carbonyl (C=O) groups excluding carboxylic acids is 1. The fourth-order valence-electron chi connectivity index (χ4n) is 4.11. The van der Waals surface area contributed by atoms with Gasteiger partial charge in [-0.3, -0.25) is 4.79 Å². The summed E-state index contributed by atoms with van der Waals surface area (Å²) in [6.45, 7) is 6.34. The van der Waals surface area contributed by atoms with E-state index in [1.807, 2.05) is 6.92 Å². The molecule has 4 fully saturated rings. The second-order valence-electron chi connectivity index (χ2n) is 7.20. The first-order chi connectivity index (χ1) is 8.93. The van der Waals surface area contributed by atoms with Crippen LogP contribution in [0.25, 0.3) is 0 Å². The van der Waals surface area contributed by atoms with Crippen LogP contribution in [-0.2, 0) is 19.0 Å². The first-order valence-electron chi connectivity index (χ1n) is 7.49. The minimum Gasteiger partial charge on any atom is -0.459 e. The topological polar surface area (TPSA) is 51.4 Å². The van der Waals surface area contributed by atoms with Crippen molar-refractivity contribution >= 4 is 5.97 Å². The Morgan fingerprint density at radius 1 is 1.11 bits per heavy atom. The Bertz CT molecular complexity index is 436. The lowest BCUT2D eigenvalue weighted by atomic mass is 9.79. The predicted octanol–water partition coefficient (Wildman–Crippen LogP) is 2.05. The van der Waals surface area contributed by atoms with Crippen molar-refractivity contribution in [3.63, 3.8) is 0 Å². The van der Waals surface area contributed by atoms with Crippen molar-refractivity contribution in [3.05, 3.63) is 0 Å². The van der Waals surface area contributed by atoms with Crippen LogP contribution in [0.1, 0.15) is 46.5 Å². The van der Waals surface area contributed by atoms with Gasteiger partial charge in [-0.05, 0) is 39.5 Å². The second-order valence-corrected chi connectivity index (χ2v) is 7.20. The number of esters is 1. The zero-order valence-electron chi connectivity index (χ0n) is 11.8. The van der Waals surface area contributed by atoms with E-state index < -0.39 is 0 Å². The van der Waals surface area contributed by atoms with E-state index >= 15 is 0 Å². The standard InChI is InChI=1S/C15H22O4/c1-8-9-4-6-14(2)10(18-14)5-7-15(3)12(19-15)11(9)17-13(8)16/h8-12H,4-7H2,1-3H3/t8-,9-,10+,11-,12+,14+,15+/m0/s1. The van der Waals surface area contributed by atoms with E-state index in [1.54, 1.807) is 0 Å². The summed E-state index contributed by atoms with van der Waals surface area (Å²) >= 11 is 0. The number of fused-ring (bicyclic) bond motifs is 4. The van der Waals surface area contributed by atoms with Crippen LogP contribution in [0.5, 0.6) is 0 Å². The van der Waals surface area contributed by atoms with E-state index in [0.29, 0.717) is 12.0 Å². The zero-order chi connectivity index (χ0) is 13.4. The highest BCUT2D eigenvalue weighted by Gasteiger charge is 2.64. The van der Waals surface area contributed by atoms with Gasteiger partial charge in [0.15, 0.2) is 0 Å². The van der Waals surface area contributed by atoms with E-state index in [2.05, 4.69) is 13.8 Å². The Hall–Kier alpha value is -0.610. The lowest BCUT2D eigenvalue weighted by Crippen LogP contribution is -2.31. The van der Waals surface area contributed by atoms with Crippen molar-refractivity contribution in [2.75, 3.05) is 0 Å². The smallest absolute Gasteiger partial charge is 0.309 e. The largest absolute Gasteiger partial charge is 0.459 e. The molecule has 3 saturated heterocycles. The third-order valence-electron chi connectivity index (χ3n) is 5.84. The number of carbonyl (C=O) groups is 1. The monoisotopic (exact) mass is 266 g/mol. The molecule has 0 spiro atoms. The van der Waals surface area contributed by atoms with Crippen LogP contribution in [0.15, 0.2) is 0 Å². The highest BCUT2D eigenvalue weighted by molar-refractivity contribution is 5.75. The van der Waals surface area contributed by atoms with Gasteiger partial charge in [0, 0.05) is 5.92 Å². The molecule has 7 atom stereocenters. The number of ether oxygens (including phenoxy) is 3. The van der Waals surface area contributed by atoms with Gasteiger partial charge in [0.25, 0.3) is 0 Å². The molecule has 4 heteroatoms. The molecule has 3 aliphatic heterocycles. The van der Waals surface area contributed by atoms with Gasteiger partial charge in [-0.25, -0.2) is 0 Å². The van der Waals surface area contributed by atoms with Crippen molar-refractivity contribution in [2.24, 2.45) is 11.8 Å². The maximum atomic E-state index is 11.9. The van der Waals surface area contributed by atoms with Gasteiger partial charge in [0.1, 0.15) is 12.2 Å². The molecular formula is C15H22O4. The van der Waals surface area contributed by atoms with Gasteiger partial charge in [-0.1, -0.05) is 6.92 Å². The van der Waals surface area contributed by atoms with E-state index in [1.165, 1.54) is 0 Å². The van der Waals surface area contributed by atoms with Crippen LogP contribution in [0, 0.1) is 11.8 Å². The Kier molecular flexibility index (Phi) is 2.26. The third kappa shape index (κ3) is 1.69. The van der Waals surface area contributed by atoms with E-state index in [4.69, 9.17) is 14.2 Å². The SMILES string of the molecule is C[C@@H]1C(=O)O[C@H]2[C@H]1CC[C@@]1(C)O[C@@H]1CC[C@@]1(C)O[C@H]21. The van der Waals surface area contributed by atoms with Crippen molar-refractivity contribution in [3.8, 4) is 0 Å². The number of rotatable bonds is 0. The van der Waals surface area contributed by atoms with Crippen LogP contribution in [0.2, 0.25) is 0 Å². The molecule has 3 heterocycles. The Labute approximate surface area is 113 Å². The van der Waals surface area contributed by atoms with Crippen molar-refractivity contribution in [1.29, 1.82) is 0 Å². The van der Waals surface area contributed by atoms with Crippen molar-refractivity contribution in [2.45, 2.75) is 76.0 Å². The molecule has 0 aromatic heterocycles. The van der Waals surface area contributed by atoms with Gasteiger partial charge in [-0.2, -0.15) is 0 Å². The second kappa shape index (κ2) is 3.53. The van der Waals surface area contributed by atoms with Gasteiger partial charge in [0.05, 0.1) is 23.2 Å². The van der Waals surface area contributed by atoms with Gasteiger partial charge < -0.3 is 14.2 Å². The lowest BCUT2D eigenvalue weighted by molar-refractivity contribution is -0.144. The summed E-state index contributed by atoms with van der Waals surface area (Å²) in [5.74, 6) is 0.239. The van der Waals surface area contributed by atoms with Gasteiger partial charge in [0.2, 0.25) is 0 Å². The first kappa shape index (κ1) is 12.2. The minimum atomic E-state index is -0.0997. The summed E-state index contributed by atoms with van der Waals surface area (Å²) in [5, 5.41) is 0. The van der Waals surface area contributed by atoms with Crippen LogP contribution in [0.4, 0.5) is 0 Å². The summed E-state index contributed by atoms with van der Waals surface area (Å²) in [4.78, 5) is 11.9. The fourth-order valence-corrected chi connectivity index (χ4v) is 4.11. The first-order valence-corrected chi connectivity index (χ1v) is 7.49. The van der Waals surface area contributed by atoms with E-state index in [-0.39, 0.29) is 35.3 Å². The lowest BCUT2D eigenvalue weighted by Gasteiger charge is -2.21. The van der Waals surface area contributed by atoms with Crippen LogP contribution in [0.3, 0.4) is 0 Å². The molecular weight excluding hydrogens is 244 g/mol. The van der Waals surface area contributed by atoms with Crippen LogP contribution < -0.4 is 0 Å². The highest BCUT2D eigenvalue weighted by atomic mass is 16.6. The molecule has 4 nitrogen and oxygen atoms in total. The minimum absolute atomic E-state index is 0.00123. The number of epoxide rings is 2. The normalized spacial score (nSPS) is 59.5. The van der Waals surface area contributed by atoms with Gasteiger partial charge >= 0.3 is 5.97 Å². The summed E-state index contributed by atoms with van der Waals surface area (Å²) < 4.78 is 17.4. The Balaban J connectivity index is 1.60. The maximum absolute atomic E-state index is 11.9. The average Bonchev–Trinajstić information content (AvgIpc) is 3.18. The quantitative estimate of drug-likeness (QED) is 0.497. The van der Waals surface area contributed by atoms with E-state index in [0.717, 1.165) is 25.7 Å². The molecule has 4 rings (SSSR count). The Morgan fingerprint density at radius 3 is 2.63 bits per heavy atom. The molecule has 1 saturated carbocycles. The Morgan fingerprint density at radius 2 is 1.84 bits per heavy atom. The molecule has 0 amide bonds. The number of hydrogen-bond acceptors (Lipinski definition) is 4. The summed E-state index contributed by atoms with van der Waals surface area (Å²) in [7, 11) is 0. The molecule has 0 aromatic carbocycles. The molecule has 0 unspecified atom stereocenters. The van der Waals surface area contributed by atoms with Gasteiger partial charge in [-0.15, -0.1) is 0 Å². The zero-order valence-corrected chi connectivity index (χ0v) is 11.8. The average molecular weight is 266 g/mol. The summed E-state index contributed by atoms with van der Waals surface area (Å²) in [6.07, 6.45) is 4.56. The fraction of sp³-hybridized carbons (Fsp3) is 0.933. The summed E-state index contributed by atoms with van der Waals surface area (Å²) in [6, 6.07) is 0. The molecule has 106 valence electrons. The number of hydrogen-bond donors (Lipinski definition) is 0. The van der Waals surface area contributed by atoms with Crippen molar-refractivity contribution < 1.29 is 19.0 Å². The highest BCUT2D eigenvalue weighted by Crippen LogP contribution is 2.54. The van der Waals surface area contributed by atoms with E-state index in [9.17, 15) is 4.79 Å². The molecule has 0 bridgehead atoms. The molecule has 0 radical (unpaired) electrons. The van der Waals surface area contributed by atoms with Crippen LogP contribution >= 0.6 is 0 Å². The maximum Gasteiger partial charge on any atom is 0.309 e. The molecule has 0 aromatic rings. The molecule has 19 heavy (non-hydrogen) atoms. The molecule has 4 aliphatic rings. The molecule has 0 N–H and O–H groups in total. The third-order valence-corrected chi connectivity index (χ3v) is 5.84. The van der Waals surface area contributed by atoms with Crippen LogP contribution in [-0.4, -0.2) is 35.5 Å². The summed E-state index contributed by atoms with van der Waals surface area (Å²) in [5.41, 5.74) is -0.0640. The molecule has 1 aliphatic carbocycles. The predicted molar refractivity (Wildman–Crippen MR) is 67.6 cm³/mol.